The predicted octanol–water partition coefficient (Wildman–Crippen LogP) is 2.55. The average molecular weight is 373 g/mol. The van der Waals surface area contributed by atoms with Crippen molar-refractivity contribution < 1.29 is 0 Å². The summed E-state index contributed by atoms with van der Waals surface area (Å²) in [6.45, 7) is 0. The largest absolute Gasteiger partial charge is 0.325 e. The number of nitrogens with zero attached hydrogens (tertiary/aromatic N) is 4. The third-order valence-corrected chi connectivity index (χ3v) is 6.92. The van der Waals surface area contributed by atoms with Gasteiger partial charge < -0.3 is 11.5 Å². The third-order valence-electron chi connectivity index (χ3n) is 6.64. The summed E-state index contributed by atoms with van der Waals surface area (Å²) in [6.07, 6.45) is 10.8. The standard InChI is InChI=1S/C19H25ClN6/c1-26-15(6-11-2-3-11)12(8-24-26)16-14(20)9-23-17(25-16)13-7-18(21)4-5-19(13,22)10-18/h8-9,11,13H,2-7,10,21-22H2,1H3. The Morgan fingerprint density at radius 2 is 2.08 bits per heavy atom. The van der Waals surface area contributed by atoms with E-state index in [4.69, 9.17) is 28.1 Å². The van der Waals surface area contributed by atoms with E-state index in [1.54, 1.807) is 6.20 Å². The molecule has 3 saturated carbocycles. The Morgan fingerprint density at radius 3 is 2.73 bits per heavy atom. The van der Waals surface area contributed by atoms with Crippen molar-refractivity contribution in [2.75, 3.05) is 0 Å². The maximum absolute atomic E-state index is 6.69. The first-order chi connectivity index (χ1) is 12.4. The van der Waals surface area contributed by atoms with Gasteiger partial charge in [0.25, 0.3) is 0 Å². The van der Waals surface area contributed by atoms with Crippen molar-refractivity contribution in [3.8, 4) is 11.3 Å². The van der Waals surface area contributed by atoms with Crippen LogP contribution in [0.1, 0.15) is 56.0 Å². The summed E-state index contributed by atoms with van der Waals surface area (Å²) in [4.78, 5) is 9.43. The number of rotatable bonds is 4. The van der Waals surface area contributed by atoms with E-state index >= 15 is 0 Å². The average Bonchev–Trinajstić information content (AvgIpc) is 3.19. The van der Waals surface area contributed by atoms with Crippen LogP contribution in [0.15, 0.2) is 12.4 Å². The fourth-order valence-electron chi connectivity index (χ4n) is 4.98. The first-order valence-electron chi connectivity index (χ1n) is 9.48. The van der Waals surface area contributed by atoms with Crippen molar-refractivity contribution in [1.29, 1.82) is 0 Å². The fraction of sp³-hybridized carbons (Fsp3) is 0.632. The van der Waals surface area contributed by atoms with E-state index < -0.39 is 0 Å². The summed E-state index contributed by atoms with van der Waals surface area (Å²) in [6, 6.07) is 0. The van der Waals surface area contributed by atoms with Crippen LogP contribution in [-0.2, 0) is 13.5 Å². The molecule has 3 aliphatic rings. The Morgan fingerprint density at radius 1 is 1.27 bits per heavy atom. The van der Waals surface area contributed by atoms with Gasteiger partial charge in [0.15, 0.2) is 0 Å². The zero-order valence-electron chi connectivity index (χ0n) is 15.1. The van der Waals surface area contributed by atoms with Gasteiger partial charge in [-0.3, -0.25) is 4.68 Å². The van der Waals surface area contributed by atoms with Crippen LogP contribution in [0.2, 0.25) is 5.02 Å². The molecule has 0 amide bonds. The lowest BCUT2D eigenvalue weighted by atomic mass is 9.81. The SMILES string of the molecule is Cn1ncc(-c2nc(C3CC4(N)CCC3(N)C4)ncc2Cl)c1CC1CC1. The minimum atomic E-state index is -0.286. The van der Waals surface area contributed by atoms with Crippen LogP contribution in [0.25, 0.3) is 11.3 Å². The Bertz CT molecular complexity index is 875. The number of aryl methyl sites for hydroxylation is 1. The number of halogens is 1. The Kier molecular flexibility index (Phi) is 3.53. The second kappa shape index (κ2) is 5.50. The van der Waals surface area contributed by atoms with Gasteiger partial charge in [0, 0.05) is 41.5 Å². The van der Waals surface area contributed by atoms with E-state index in [-0.39, 0.29) is 17.0 Å². The first-order valence-corrected chi connectivity index (χ1v) is 9.86. The molecule has 3 atom stereocenters. The molecule has 3 aliphatic carbocycles. The molecule has 2 heterocycles. The van der Waals surface area contributed by atoms with Gasteiger partial charge in [-0.15, -0.1) is 0 Å². The van der Waals surface area contributed by atoms with Crippen LogP contribution >= 0.6 is 11.6 Å². The van der Waals surface area contributed by atoms with Crippen LogP contribution in [0.3, 0.4) is 0 Å². The highest BCUT2D eigenvalue weighted by Crippen LogP contribution is 2.55. The number of aromatic nitrogens is 4. The molecule has 0 aliphatic heterocycles. The van der Waals surface area contributed by atoms with Gasteiger partial charge in [-0.1, -0.05) is 11.6 Å². The molecule has 0 saturated heterocycles. The topological polar surface area (TPSA) is 95.6 Å². The minimum Gasteiger partial charge on any atom is -0.325 e. The van der Waals surface area contributed by atoms with Gasteiger partial charge >= 0.3 is 0 Å². The van der Waals surface area contributed by atoms with Crippen molar-refractivity contribution in [3.05, 3.63) is 28.9 Å². The Labute approximate surface area is 158 Å². The molecule has 3 unspecified atom stereocenters. The molecule has 26 heavy (non-hydrogen) atoms. The van der Waals surface area contributed by atoms with Gasteiger partial charge in [-0.05, 0) is 50.9 Å². The molecule has 2 aromatic heterocycles. The second-order valence-electron chi connectivity index (χ2n) is 8.73. The molecule has 2 bridgehead atoms. The minimum absolute atomic E-state index is 0.0980. The Hall–Kier alpha value is -1.50. The lowest BCUT2D eigenvalue weighted by Gasteiger charge is -2.31. The van der Waals surface area contributed by atoms with E-state index in [9.17, 15) is 0 Å². The number of nitrogens with two attached hydrogens (primary N) is 2. The summed E-state index contributed by atoms with van der Waals surface area (Å²) >= 11 is 6.49. The monoisotopic (exact) mass is 372 g/mol. The molecule has 3 fully saturated rings. The smallest absolute Gasteiger partial charge is 0.134 e. The van der Waals surface area contributed by atoms with Gasteiger partial charge in [-0.2, -0.15) is 5.10 Å². The van der Waals surface area contributed by atoms with Gasteiger partial charge in [0.05, 0.1) is 16.9 Å². The molecule has 0 aromatic carbocycles. The molecule has 4 N–H and O–H groups in total. The van der Waals surface area contributed by atoms with Gasteiger partial charge in [0.1, 0.15) is 5.82 Å². The maximum atomic E-state index is 6.69. The van der Waals surface area contributed by atoms with Crippen molar-refractivity contribution in [1.82, 2.24) is 19.7 Å². The van der Waals surface area contributed by atoms with Crippen LogP contribution in [-0.4, -0.2) is 30.8 Å². The number of hydrogen-bond acceptors (Lipinski definition) is 5. The fourth-order valence-corrected chi connectivity index (χ4v) is 5.17. The van der Waals surface area contributed by atoms with Crippen molar-refractivity contribution >= 4 is 11.6 Å². The van der Waals surface area contributed by atoms with Crippen LogP contribution in [0.4, 0.5) is 0 Å². The van der Waals surface area contributed by atoms with Crippen LogP contribution in [0, 0.1) is 5.92 Å². The van der Waals surface area contributed by atoms with E-state index in [2.05, 4.69) is 10.1 Å². The summed E-state index contributed by atoms with van der Waals surface area (Å²) in [5, 5.41) is 5.02. The molecular formula is C19H25ClN6. The highest BCUT2D eigenvalue weighted by Gasteiger charge is 2.57. The molecule has 6 nitrogen and oxygen atoms in total. The van der Waals surface area contributed by atoms with Crippen LogP contribution in [0.5, 0.6) is 0 Å². The predicted molar refractivity (Wildman–Crippen MR) is 101 cm³/mol. The summed E-state index contributed by atoms with van der Waals surface area (Å²) in [5.41, 5.74) is 15.7. The van der Waals surface area contributed by atoms with E-state index in [0.29, 0.717) is 5.02 Å². The van der Waals surface area contributed by atoms with E-state index in [1.807, 2.05) is 17.9 Å². The number of fused-ring (bicyclic) bond motifs is 2. The summed E-state index contributed by atoms with van der Waals surface area (Å²) < 4.78 is 1.95. The molecule has 5 rings (SSSR count). The molecule has 0 spiro atoms. The summed E-state index contributed by atoms with van der Waals surface area (Å²) in [7, 11) is 1.99. The summed E-state index contributed by atoms with van der Waals surface area (Å²) in [5.74, 6) is 1.64. The Balaban J connectivity index is 1.54. The zero-order chi connectivity index (χ0) is 18.1. The zero-order valence-corrected chi connectivity index (χ0v) is 15.8. The highest BCUT2D eigenvalue weighted by atomic mass is 35.5. The molecule has 7 heteroatoms. The van der Waals surface area contributed by atoms with E-state index in [1.165, 1.54) is 18.5 Å². The number of hydrogen-bond donors (Lipinski definition) is 2. The van der Waals surface area contributed by atoms with Crippen LogP contribution < -0.4 is 11.5 Å². The van der Waals surface area contributed by atoms with E-state index in [0.717, 1.165) is 55.1 Å². The molecule has 138 valence electrons. The third kappa shape index (κ3) is 2.58. The van der Waals surface area contributed by atoms with Crippen molar-refractivity contribution in [3.63, 3.8) is 0 Å². The molecule has 0 radical (unpaired) electrons. The second-order valence-corrected chi connectivity index (χ2v) is 9.14. The first kappa shape index (κ1) is 16.7. The van der Waals surface area contributed by atoms with Gasteiger partial charge in [-0.25, -0.2) is 9.97 Å². The quantitative estimate of drug-likeness (QED) is 0.859. The maximum Gasteiger partial charge on any atom is 0.134 e. The lowest BCUT2D eigenvalue weighted by molar-refractivity contribution is 0.334. The van der Waals surface area contributed by atoms with Gasteiger partial charge in [0.2, 0.25) is 0 Å². The van der Waals surface area contributed by atoms with Crippen molar-refractivity contribution in [2.24, 2.45) is 24.4 Å². The molecule has 2 aromatic rings. The normalized spacial score (nSPS) is 33.2. The van der Waals surface area contributed by atoms with Crippen molar-refractivity contribution in [2.45, 2.75) is 61.9 Å². The molecular weight excluding hydrogens is 348 g/mol. The lowest BCUT2D eigenvalue weighted by Crippen LogP contribution is -2.41. The highest BCUT2D eigenvalue weighted by molar-refractivity contribution is 6.32.